The Morgan fingerprint density at radius 2 is 2.44 bits per heavy atom. The van der Waals surface area contributed by atoms with E-state index in [2.05, 4.69) is 4.98 Å². The van der Waals surface area contributed by atoms with Crippen molar-refractivity contribution in [2.24, 2.45) is 0 Å². The summed E-state index contributed by atoms with van der Waals surface area (Å²) in [7, 11) is 0. The molecule has 3 heteroatoms. The van der Waals surface area contributed by atoms with Gasteiger partial charge in [0.2, 0.25) is 0 Å². The van der Waals surface area contributed by atoms with E-state index in [1.165, 1.54) is 12.8 Å². The smallest absolute Gasteiger partial charge is 0.292 e. The number of hydrogen-bond donors (Lipinski definition) is 0. The molecule has 1 aromatic rings. The van der Waals surface area contributed by atoms with Gasteiger partial charge in [-0.05, 0) is 24.4 Å². The summed E-state index contributed by atoms with van der Waals surface area (Å²) in [6, 6.07) is 0. The summed E-state index contributed by atoms with van der Waals surface area (Å²) in [6.45, 7) is 0. The van der Waals surface area contributed by atoms with E-state index in [1.54, 1.807) is 6.20 Å². The van der Waals surface area contributed by atoms with E-state index in [0.717, 1.165) is 5.76 Å². The van der Waals surface area contributed by atoms with Crippen molar-refractivity contribution in [1.29, 1.82) is 0 Å². The summed E-state index contributed by atoms with van der Waals surface area (Å²) in [4.78, 5) is 3.78. The lowest BCUT2D eigenvalue weighted by molar-refractivity contribution is 0.508. The van der Waals surface area contributed by atoms with E-state index in [9.17, 15) is 0 Å². The summed E-state index contributed by atoms with van der Waals surface area (Å²) >= 11 is 5.45. The Hall–Kier alpha value is -0.500. The van der Waals surface area contributed by atoms with Gasteiger partial charge in [-0.2, -0.15) is 0 Å². The maximum atomic E-state index is 5.45. The molecule has 1 heterocycles. The minimum Gasteiger partial charge on any atom is -0.433 e. The zero-order chi connectivity index (χ0) is 6.27. The fourth-order valence-electron chi connectivity index (χ4n) is 0.821. The van der Waals surface area contributed by atoms with Crippen LogP contribution in [-0.4, -0.2) is 4.98 Å². The van der Waals surface area contributed by atoms with Gasteiger partial charge in [-0.15, -0.1) is 0 Å². The van der Waals surface area contributed by atoms with Crippen molar-refractivity contribution in [3.63, 3.8) is 0 Å². The van der Waals surface area contributed by atoms with Gasteiger partial charge in [0.25, 0.3) is 5.35 Å². The van der Waals surface area contributed by atoms with Gasteiger partial charge in [0.1, 0.15) is 5.76 Å². The molecule has 0 aliphatic heterocycles. The molecule has 0 unspecified atom stereocenters. The fraction of sp³-hybridized carbons (Fsp3) is 0.500. The molecule has 2 nitrogen and oxygen atoms in total. The third-order valence-corrected chi connectivity index (χ3v) is 1.65. The van der Waals surface area contributed by atoms with Crippen molar-refractivity contribution in [3.8, 4) is 0 Å². The number of rotatable bonds is 1. The molecule has 0 radical (unpaired) electrons. The highest BCUT2D eigenvalue weighted by Crippen LogP contribution is 2.40. The zero-order valence-electron chi connectivity index (χ0n) is 4.80. The first-order valence-electron chi connectivity index (χ1n) is 2.97. The van der Waals surface area contributed by atoms with Crippen LogP contribution in [0.5, 0.6) is 0 Å². The number of halogens is 1. The molecule has 0 N–H and O–H groups in total. The Bertz CT molecular complexity index is 217. The number of hydrogen-bond acceptors (Lipinski definition) is 2. The van der Waals surface area contributed by atoms with Crippen LogP contribution in [0.2, 0.25) is 5.35 Å². The quantitative estimate of drug-likeness (QED) is 0.603. The second-order valence-corrected chi connectivity index (χ2v) is 2.61. The number of aromatic nitrogens is 1. The van der Waals surface area contributed by atoms with Crippen molar-refractivity contribution < 1.29 is 4.42 Å². The van der Waals surface area contributed by atoms with Crippen molar-refractivity contribution in [2.45, 2.75) is 18.8 Å². The van der Waals surface area contributed by atoms with E-state index in [4.69, 9.17) is 16.0 Å². The van der Waals surface area contributed by atoms with Gasteiger partial charge < -0.3 is 4.42 Å². The van der Waals surface area contributed by atoms with Crippen LogP contribution in [0.3, 0.4) is 0 Å². The lowest BCUT2D eigenvalue weighted by Gasteiger charge is -1.82. The Morgan fingerprint density at radius 1 is 1.67 bits per heavy atom. The van der Waals surface area contributed by atoms with Crippen LogP contribution in [0.4, 0.5) is 0 Å². The standard InChI is InChI=1S/C6H6ClNO/c7-6-8-3-5(9-6)4-1-2-4/h3-4H,1-2H2. The molecule has 2 rings (SSSR count). The van der Waals surface area contributed by atoms with Crippen LogP contribution in [-0.2, 0) is 0 Å². The average molecular weight is 144 g/mol. The van der Waals surface area contributed by atoms with E-state index >= 15 is 0 Å². The predicted octanol–water partition coefficient (Wildman–Crippen LogP) is 2.21. The molecule has 1 fully saturated rings. The highest BCUT2D eigenvalue weighted by Gasteiger charge is 2.27. The van der Waals surface area contributed by atoms with Gasteiger partial charge in [-0.25, -0.2) is 4.98 Å². The normalized spacial score (nSPS) is 18.3. The van der Waals surface area contributed by atoms with Gasteiger partial charge >= 0.3 is 0 Å². The third-order valence-electron chi connectivity index (χ3n) is 1.48. The molecule has 0 bridgehead atoms. The first kappa shape index (κ1) is 5.30. The van der Waals surface area contributed by atoms with Crippen LogP contribution in [0.25, 0.3) is 0 Å². The first-order valence-corrected chi connectivity index (χ1v) is 3.35. The Labute approximate surface area is 57.8 Å². The lowest BCUT2D eigenvalue weighted by atomic mass is 10.3. The minimum absolute atomic E-state index is 0.261. The van der Waals surface area contributed by atoms with Crippen molar-refractivity contribution in [3.05, 3.63) is 17.3 Å². The van der Waals surface area contributed by atoms with Crippen LogP contribution in [0.1, 0.15) is 24.5 Å². The molecule has 1 aromatic heterocycles. The van der Waals surface area contributed by atoms with Gasteiger partial charge in [0.05, 0.1) is 6.20 Å². The summed E-state index contributed by atoms with van der Waals surface area (Å²) < 4.78 is 5.06. The van der Waals surface area contributed by atoms with Crippen molar-refractivity contribution in [1.82, 2.24) is 4.98 Å². The van der Waals surface area contributed by atoms with Crippen molar-refractivity contribution in [2.75, 3.05) is 0 Å². The SMILES string of the molecule is Clc1ncc(C2CC2)o1. The molecule has 9 heavy (non-hydrogen) atoms. The Morgan fingerprint density at radius 3 is 2.89 bits per heavy atom. The van der Waals surface area contributed by atoms with Crippen LogP contribution in [0, 0.1) is 0 Å². The van der Waals surface area contributed by atoms with E-state index in [-0.39, 0.29) is 5.35 Å². The molecule has 0 spiro atoms. The van der Waals surface area contributed by atoms with Crippen molar-refractivity contribution >= 4 is 11.6 Å². The Balaban J connectivity index is 2.28. The number of nitrogens with zero attached hydrogens (tertiary/aromatic N) is 1. The van der Waals surface area contributed by atoms with Gasteiger partial charge in [0, 0.05) is 5.92 Å². The summed E-state index contributed by atoms with van der Waals surface area (Å²) in [5.41, 5.74) is 0. The molecule has 1 saturated carbocycles. The summed E-state index contributed by atoms with van der Waals surface area (Å²) in [5.74, 6) is 1.56. The van der Waals surface area contributed by atoms with Gasteiger partial charge in [-0.1, -0.05) is 0 Å². The number of oxazole rings is 1. The predicted molar refractivity (Wildman–Crippen MR) is 33.5 cm³/mol. The van der Waals surface area contributed by atoms with Crippen LogP contribution < -0.4 is 0 Å². The van der Waals surface area contributed by atoms with E-state index < -0.39 is 0 Å². The zero-order valence-corrected chi connectivity index (χ0v) is 5.56. The van der Waals surface area contributed by atoms with Crippen LogP contribution >= 0.6 is 11.6 Å². The van der Waals surface area contributed by atoms with E-state index in [0.29, 0.717) is 5.92 Å². The minimum atomic E-state index is 0.261. The molecule has 0 saturated heterocycles. The third kappa shape index (κ3) is 0.944. The molecule has 1 aliphatic carbocycles. The molecule has 0 atom stereocenters. The molecule has 48 valence electrons. The summed E-state index contributed by atoms with van der Waals surface area (Å²) in [5, 5.41) is 0.261. The fourth-order valence-corrected chi connectivity index (χ4v) is 0.959. The second-order valence-electron chi connectivity index (χ2n) is 2.29. The molecular weight excluding hydrogens is 138 g/mol. The van der Waals surface area contributed by atoms with Gasteiger partial charge in [0.15, 0.2) is 0 Å². The topological polar surface area (TPSA) is 26.0 Å². The Kier molecular flexibility index (Phi) is 1.02. The molecular formula is C6H6ClNO. The molecule has 0 amide bonds. The summed E-state index contributed by atoms with van der Waals surface area (Å²) in [6.07, 6.45) is 4.16. The highest BCUT2D eigenvalue weighted by molar-refractivity contribution is 6.27. The maximum absolute atomic E-state index is 5.45. The lowest BCUT2D eigenvalue weighted by Crippen LogP contribution is -1.67. The monoisotopic (exact) mass is 143 g/mol. The largest absolute Gasteiger partial charge is 0.433 e. The molecule has 1 aliphatic rings. The molecule has 0 aromatic carbocycles. The first-order chi connectivity index (χ1) is 4.36. The second kappa shape index (κ2) is 1.74. The van der Waals surface area contributed by atoms with Gasteiger partial charge in [-0.3, -0.25) is 0 Å². The van der Waals surface area contributed by atoms with E-state index in [1.807, 2.05) is 0 Å². The average Bonchev–Trinajstić information content (AvgIpc) is 2.58. The highest BCUT2D eigenvalue weighted by atomic mass is 35.5. The maximum Gasteiger partial charge on any atom is 0.292 e. The van der Waals surface area contributed by atoms with Crippen LogP contribution in [0.15, 0.2) is 10.6 Å².